The summed E-state index contributed by atoms with van der Waals surface area (Å²) in [4.78, 5) is 11.8. The van der Waals surface area contributed by atoms with Crippen LogP contribution in [0.5, 0.6) is 11.5 Å². The number of nitriles is 1. The predicted molar refractivity (Wildman–Crippen MR) is 110 cm³/mol. The number of methoxy groups -OCH3 is 1. The molecule has 2 rings (SSSR count). The van der Waals surface area contributed by atoms with Gasteiger partial charge in [-0.3, -0.25) is 10.1 Å². The second-order valence-corrected chi connectivity index (χ2v) is 6.73. The molecule has 0 heterocycles. The fourth-order valence-corrected chi connectivity index (χ4v) is 2.65. The average Bonchev–Trinajstić information content (AvgIpc) is 2.72. The standard InChI is InChI=1S/C19H17N3O4S2/c1-24-14-9-7-13(8-10-14)12-25-17(21)16(11-20)18(27)28-22-19(23)26-15-5-3-2-4-6-15/h2-10,21,27H,12H2,1H3,(H,22,23)/b18-16+,21-17?. The number of nitrogens with zero attached hydrogens (tertiary/aromatic N) is 1. The summed E-state index contributed by atoms with van der Waals surface area (Å²) in [5.41, 5.74) is 0.697. The molecule has 2 N–H and O–H groups in total. The van der Waals surface area contributed by atoms with Crippen LogP contribution in [-0.2, 0) is 11.3 Å². The normalized spacial score (nSPS) is 10.9. The highest BCUT2D eigenvalue weighted by Crippen LogP contribution is 2.22. The Morgan fingerprint density at radius 1 is 1.18 bits per heavy atom. The molecule has 0 aliphatic carbocycles. The van der Waals surface area contributed by atoms with Crippen LogP contribution in [0.1, 0.15) is 5.56 Å². The lowest BCUT2D eigenvalue weighted by atomic mass is 10.2. The van der Waals surface area contributed by atoms with Crippen LogP contribution in [-0.4, -0.2) is 19.1 Å². The molecule has 7 nitrogen and oxygen atoms in total. The summed E-state index contributed by atoms with van der Waals surface area (Å²) < 4.78 is 18.0. The average molecular weight is 415 g/mol. The van der Waals surface area contributed by atoms with Gasteiger partial charge < -0.3 is 14.2 Å². The molecule has 144 valence electrons. The number of thiol groups is 1. The number of ether oxygens (including phenoxy) is 3. The largest absolute Gasteiger partial charge is 0.497 e. The quantitative estimate of drug-likeness (QED) is 0.205. The third-order valence-corrected chi connectivity index (χ3v) is 4.44. The molecule has 0 aliphatic rings. The van der Waals surface area contributed by atoms with E-state index in [9.17, 15) is 10.1 Å². The van der Waals surface area contributed by atoms with Gasteiger partial charge in [-0.1, -0.05) is 30.3 Å². The molecule has 1 amide bonds. The van der Waals surface area contributed by atoms with Crippen LogP contribution >= 0.6 is 24.6 Å². The first-order valence-corrected chi connectivity index (χ1v) is 9.17. The van der Waals surface area contributed by atoms with Crippen molar-refractivity contribution in [2.24, 2.45) is 0 Å². The van der Waals surface area contributed by atoms with E-state index in [0.717, 1.165) is 17.5 Å². The van der Waals surface area contributed by atoms with Gasteiger partial charge in [0.2, 0.25) is 5.90 Å². The summed E-state index contributed by atoms with van der Waals surface area (Å²) in [5, 5.41) is 17.2. The highest BCUT2D eigenvalue weighted by Gasteiger charge is 2.14. The molecule has 0 aliphatic heterocycles. The Balaban J connectivity index is 1.89. The molecule has 0 radical (unpaired) electrons. The SMILES string of the molecule is COc1ccc(COC(=N)/C(C#N)=C(\S)SNC(=O)Oc2ccccc2)cc1. The van der Waals surface area contributed by atoms with Gasteiger partial charge in [0.25, 0.3) is 0 Å². The van der Waals surface area contributed by atoms with Gasteiger partial charge in [0.1, 0.15) is 29.7 Å². The number of nitrogens with one attached hydrogen (secondary N) is 2. The smallest absolute Gasteiger partial charge is 0.422 e. The molecule has 0 fully saturated rings. The molecule has 0 saturated carbocycles. The zero-order chi connectivity index (χ0) is 20.4. The van der Waals surface area contributed by atoms with Crippen LogP contribution in [0.3, 0.4) is 0 Å². The Kier molecular flexibility index (Phi) is 8.27. The van der Waals surface area contributed by atoms with E-state index in [1.165, 1.54) is 0 Å². The van der Waals surface area contributed by atoms with E-state index in [4.69, 9.17) is 19.6 Å². The lowest BCUT2D eigenvalue weighted by Crippen LogP contribution is -2.20. The van der Waals surface area contributed by atoms with Crippen molar-refractivity contribution >= 4 is 36.6 Å². The third kappa shape index (κ3) is 6.57. The van der Waals surface area contributed by atoms with E-state index in [0.29, 0.717) is 11.5 Å². The molecule has 0 spiro atoms. The topological polar surface area (TPSA) is 104 Å². The van der Waals surface area contributed by atoms with Crippen molar-refractivity contribution in [2.75, 3.05) is 7.11 Å². The summed E-state index contributed by atoms with van der Waals surface area (Å²) in [6, 6.07) is 17.5. The molecule has 2 aromatic carbocycles. The third-order valence-electron chi connectivity index (χ3n) is 3.28. The minimum absolute atomic E-state index is 0.100. The van der Waals surface area contributed by atoms with Crippen molar-refractivity contribution in [1.82, 2.24) is 4.72 Å². The van der Waals surface area contributed by atoms with Crippen molar-refractivity contribution in [3.05, 3.63) is 70.0 Å². The summed E-state index contributed by atoms with van der Waals surface area (Å²) in [6.45, 7) is 0.100. The van der Waals surface area contributed by atoms with Crippen LogP contribution in [0, 0.1) is 16.7 Å². The maximum absolute atomic E-state index is 11.8. The van der Waals surface area contributed by atoms with Crippen LogP contribution in [0.25, 0.3) is 0 Å². The number of carbonyl (C=O) groups excluding carboxylic acids is 1. The Morgan fingerprint density at radius 3 is 2.46 bits per heavy atom. The molecule has 0 bridgehead atoms. The molecule has 9 heteroatoms. The van der Waals surface area contributed by atoms with Crippen LogP contribution in [0.4, 0.5) is 4.79 Å². The van der Waals surface area contributed by atoms with Crippen molar-refractivity contribution in [3.63, 3.8) is 0 Å². The molecular formula is C19H17N3O4S2. The summed E-state index contributed by atoms with van der Waals surface area (Å²) >= 11 is 4.91. The molecule has 0 saturated heterocycles. The molecule has 0 aromatic heterocycles. The predicted octanol–water partition coefficient (Wildman–Crippen LogP) is 4.29. The molecule has 0 atom stereocenters. The van der Waals surface area contributed by atoms with Crippen LogP contribution < -0.4 is 14.2 Å². The second-order valence-electron chi connectivity index (χ2n) is 5.16. The Morgan fingerprint density at radius 2 is 1.86 bits per heavy atom. The first kappa shape index (κ1) is 21.2. The van der Waals surface area contributed by atoms with E-state index >= 15 is 0 Å². The molecule has 0 unspecified atom stereocenters. The van der Waals surface area contributed by atoms with Crippen molar-refractivity contribution < 1.29 is 19.0 Å². The number of amides is 1. The lowest BCUT2D eigenvalue weighted by molar-refractivity contribution is 0.207. The highest BCUT2D eigenvalue weighted by atomic mass is 32.2. The maximum Gasteiger partial charge on any atom is 0.422 e. The first-order valence-electron chi connectivity index (χ1n) is 7.91. The van der Waals surface area contributed by atoms with E-state index in [2.05, 4.69) is 17.4 Å². The van der Waals surface area contributed by atoms with E-state index in [-0.39, 0.29) is 22.3 Å². The zero-order valence-corrected chi connectivity index (χ0v) is 16.5. The fourth-order valence-electron chi connectivity index (χ4n) is 1.90. The van der Waals surface area contributed by atoms with Crippen LogP contribution in [0.2, 0.25) is 0 Å². The molecular weight excluding hydrogens is 398 g/mol. The number of para-hydroxylation sites is 1. The van der Waals surface area contributed by atoms with Gasteiger partial charge in [-0.05, 0) is 41.8 Å². The maximum atomic E-state index is 11.8. The fraction of sp³-hybridized carbons (Fsp3) is 0.105. The monoisotopic (exact) mass is 415 g/mol. The number of benzene rings is 2. The van der Waals surface area contributed by atoms with Crippen LogP contribution in [0.15, 0.2) is 64.4 Å². The van der Waals surface area contributed by atoms with Gasteiger partial charge in [0.05, 0.1) is 11.3 Å². The second kappa shape index (κ2) is 10.9. The lowest BCUT2D eigenvalue weighted by Gasteiger charge is -2.10. The van der Waals surface area contributed by atoms with Gasteiger partial charge in [-0.25, -0.2) is 4.79 Å². The summed E-state index contributed by atoms with van der Waals surface area (Å²) in [7, 11) is 1.57. The molecule has 2 aromatic rings. The van der Waals surface area contributed by atoms with E-state index in [1.807, 2.05) is 6.07 Å². The highest BCUT2D eigenvalue weighted by molar-refractivity contribution is 8.14. The zero-order valence-electron chi connectivity index (χ0n) is 14.8. The number of hydrogen-bond acceptors (Lipinski definition) is 8. The van der Waals surface area contributed by atoms with Gasteiger partial charge in [-0.15, -0.1) is 12.6 Å². The van der Waals surface area contributed by atoms with Crippen molar-refractivity contribution in [1.29, 1.82) is 10.7 Å². The Bertz CT molecular complexity index is 894. The summed E-state index contributed by atoms with van der Waals surface area (Å²) in [6.07, 6.45) is -0.731. The minimum atomic E-state index is -0.731. The van der Waals surface area contributed by atoms with Crippen molar-refractivity contribution in [2.45, 2.75) is 6.61 Å². The number of hydrogen-bond donors (Lipinski definition) is 3. The number of carbonyl (C=O) groups is 1. The van der Waals surface area contributed by atoms with Gasteiger partial charge >= 0.3 is 6.09 Å². The molecule has 28 heavy (non-hydrogen) atoms. The van der Waals surface area contributed by atoms with Gasteiger partial charge in [0.15, 0.2) is 0 Å². The van der Waals surface area contributed by atoms with E-state index in [1.54, 1.807) is 61.7 Å². The number of rotatable bonds is 7. The first-order chi connectivity index (χ1) is 13.5. The van der Waals surface area contributed by atoms with E-state index < -0.39 is 6.09 Å². The Labute approximate surface area is 172 Å². The minimum Gasteiger partial charge on any atom is -0.497 e. The Hall–Kier alpha value is -3.09. The van der Waals surface area contributed by atoms with Crippen molar-refractivity contribution in [3.8, 4) is 17.6 Å². The summed E-state index contributed by atoms with van der Waals surface area (Å²) in [5.74, 6) is 0.731. The van der Waals surface area contributed by atoms with Gasteiger partial charge in [0, 0.05) is 0 Å². The van der Waals surface area contributed by atoms with Gasteiger partial charge in [-0.2, -0.15) is 5.26 Å².